The Morgan fingerprint density at radius 1 is 0.931 bits per heavy atom. The molecule has 1 aliphatic rings. The number of ether oxygens (including phenoxy) is 1. The van der Waals surface area contributed by atoms with Crippen LogP contribution >= 0.6 is 0 Å². The van der Waals surface area contributed by atoms with Crippen LogP contribution < -0.4 is 5.32 Å². The van der Waals surface area contributed by atoms with E-state index in [0.717, 1.165) is 19.3 Å². The Balaban J connectivity index is 1.69. The average molecular weight is 393 g/mol. The number of ketones is 1. The average Bonchev–Trinajstić information content (AvgIpc) is 2.75. The summed E-state index contributed by atoms with van der Waals surface area (Å²) in [5.41, 5.74) is 0.911. The zero-order valence-electron chi connectivity index (χ0n) is 16.9. The van der Waals surface area contributed by atoms with Crippen molar-refractivity contribution < 1.29 is 19.1 Å². The summed E-state index contributed by atoms with van der Waals surface area (Å²) < 4.78 is 5.40. The molecule has 1 saturated carbocycles. The van der Waals surface area contributed by atoms with Crippen molar-refractivity contribution in [1.82, 2.24) is 5.32 Å². The lowest BCUT2D eigenvalue weighted by Crippen LogP contribution is -2.46. The lowest BCUT2D eigenvalue weighted by molar-refractivity contribution is -0.130. The number of nitrogens with one attached hydrogen (secondary N) is 1. The molecule has 0 unspecified atom stereocenters. The van der Waals surface area contributed by atoms with Crippen LogP contribution in [0.2, 0.25) is 0 Å². The van der Waals surface area contributed by atoms with E-state index in [2.05, 4.69) is 12.2 Å². The molecule has 5 heteroatoms. The molecule has 152 valence electrons. The van der Waals surface area contributed by atoms with Crippen LogP contribution in [-0.4, -0.2) is 29.8 Å². The fourth-order valence-corrected chi connectivity index (χ4v) is 3.71. The second kappa shape index (κ2) is 9.50. The molecular weight excluding hydrogens is 366 g/mol. The summed E-state index contributed by atoms with van der Waals surface area (Å²) in [6.07, 6.45) is 3.38. The number of benzene rings is 2. The first-order valence-electron chi connectivity index (χ1n) is 10.2. The molecule has 1 N–H and O–H groups in total. The van der Waals surface area contributed by atoms with E-state index in [4.69, 9.17) is 4.74 Å². The van der Waals surface area contributed by atoms with Gasteiger partial charge in [-0.1, -0.05) is 68.3 Å². The van der Waals surface area contributed by atoms with Gasteiger partial charge in [0.1, 0.15) is 0 Å². The van der Waals surface area contributed by atoms with E-state index in [0.29, 0.717) is 11.5 Å². The van der Waals surface area contributed by atoms with Gasteiger partial charge in [0, 0.05) is 17.2 Å². The quantitative estimate of drug-likeness (QED) is 0.591. The molecule has 0 heterocycles. The van der Waals surface area contributed by atoms with Gasteiger partial charge in [0.05, 0.1) is 5.56 Å². The van der Waals surface area contributed by atoms with Gasteiger partial charge in [0.15, 0.2) is 11.9 Å². The minimum atomic E-state index is -0.934. The van der Waals surface area contributed by atoms with Crippen LogP contribution in [0.1, 0.15) is 65.8 Å². The van der Waals surface area contributed by atoms with Crippen LogP contribution in [0.3, 0.4) is 0 Å². The molecule has 0 radical (unpaired) electrons. The summed E-state index contributed by atoms with van der Waals surface area (Å²) in [6, 6.07) is 15.4. The van der Waals surface area contributed by atoms with Gasteiger partial charge in [-0.05, 0) is 31.7 Å². The van der Waals surface area contributed by atoms with Gasteiger partial charge in [-0.25, -0.2) is 4.79 Å². The van der Waals surface area contributed by atoms with Crippen molar-refractivity contribution in [2.24, 2.45) is 5.92 Å². The fraction of sp³-hybridized carbons (Fsp3) is 0.375. The summed E-state index contributed by atoms with van der Waals surface area (Å²) in [5, 5.41) is 3.01. The number of amides is 1. The highest BCUT2D eigenvalue weighted by Crippen LogP contribution is 2.24. The minimum absolute atomic E-state index is 0.115. The van der Waals surface area contributed by atoms with Crippen molar-refractivity contribution in [1.29, 1.82) is 0 Å². The molecule has 1 aliphatic carbocycles. The van der Waals surface area contributed by atoms with Crippen molar-refractivity contribution in [3.05, 3.63) is 71.3 Å². The Morgan fingerprint density at radius 2 is 1.55 bits per heavy atom. The maximum absolute atomic E-state index is 12.8. The van der Waals surface area contributed by atoms with E-state index in [1.54, 1.807) is 55.5 Å². The first-order chi connectivity index (χ1) is 14.0. The highest BCUT2D eigenvalue weighted by atomic mass is 16.5. The van der Waals surface area contributed by atoms with E-state index < -0.39 is 12.1 Å². The molecule has 0 saturated heterocycles. The van der Waals surface area contributed by atoms with Crippen LogP contribution in [0.25, 0.3) is 0 Å². The van der Waals surface area contributed by atoms with Gasteiger partial charge in [0.25, 0.3) is 5.91 Å². The van der Waals surface area contributed by atoms with E-state index in [1.807, 2.05) is 6.07 Å². The lowest BCUT2D eigenvalue weighted by atomic mass is 9.86. The zero-order chi connectivity index (χ0) is 20.8. The van der Waals surface area contributed by atoms with Crippen molar-refractivity contribution in [3.63, 3.8) is 0 Å². The van der Waals surface area contributed by atoms with Gasteiger partial charge in [-0.2, -0.15) is 0 Å². The summed E-state index contributed by atoms with van der Waals surface area (Å²) in [5.74, 6) is -0.820. The maximum Gasteiger partial charge on any atom is 0.339 e. The highest BCUT2D eigenvalue weighted by Gasteiger charge is 2.27. The smallest absolute Gasteiger partial charge is 0.339 e. The SMILES string of the molecule is C[C@@H](OC(=O)c1ccccc1C(=O)c1ccccc1)C(=O)N[C@@H]1CCCC[C@@H]1C. The molecule has 1 amide bonds. The number of esters is 1. The van der Waals surface area contributed by atoms with Gasteiger partial charge in [-0.15, -0.1) is 0 Å². The third-order valence-corrected chi connectivity index (χ3v) is 5.52. The molecule has 0 aliphatic heterocycles. The van der Waals surface area contributed by atoms with Crippen molar-refractivity contribution >= 4 is 17.7 Å². The monoisotopic (exact) mass is 393 g/mol. The van der Waals surface area contributed by atoms with Crippen molar-refractivity contribution in [2.45, 2.75) is 51.7 Å². The summed E-state index contributed by atoms with van der Waals surface area (Å²) >= 11 is 0. The second-order valence-corrected chi connectivity index (χ2v) is 7.67. The maximum atomic E-state index is 12.8. The van der Waals surface area contributed by atoms with Crippen LogP contribution in [0.5, 0.6) is 0 Å². The molecule has 2 aromatic rings. The molecule has 2 aromatic carbocycles. The third kappa shape index (κ3) is 5.11. The summed E-state index contributed by atoms with van der Waals surface area (Å²) in [7, 11) is 0. The topological polar surface area (TPSA) is 72.5 Å². The Kier molecular flexibility index (Phi) is 6.81. The Hall–Kier alpha value is -2.95. The molecule has 3 atom stereocenters. The van der Waals surface area contributed by atoms with E-state index in [9.17, 15) is 14.4 Å². The number of hydrogen-bond donors (Lipinski definition) is 1. The van der Waals surface area contributed by atoms with Crippen LogP contribution in [-0.2, 0) is 9.53 Å². The third-order valence-electron chi connectivity index (χ3n) is 5.52. The lowest BCUT2D eigenvalue weighted by Gasteiger charge is -2.30. The summed E-state index contributed by atoms with van der Waals surface area (Å²) in [6.45, 7) is 3.69. The second-order valence-electron chi connectivity index (χ2n) is 7.67. The van der Waals surface area contributed by atoms with E-state index in [-0.39, 0.29) is 28.9 Å². The van der Waals surface area contributed by atoms with Crippen molar-refractivity contribution in [2.75, 3.05) is 0 Å². The normalized spacial score (nSPS) is 19.8. The Bertz CT molecular complexity index is 877. The van der Waals surface area contributed by atoms with E-state index >= 15 is 0 Å². The predicted molar refractivity (Wildman–Crippen MR) is 111 cm³/mol. The van der Waals surface area contributed by atoms with Gasteiger partial charge >= 0.3 is 5.97 Å². The number of rotatable bonds is 6. The van der Waals surface area contributed by atoms with Gasteiger partial charge in [-0.3, -0.25) is 9.59 Å². The molecule has 5 nitrogen and oxygen atoms in total. The standard InChI is InChI=1S/C24H27NO4/c1-16-10-6-9-15-21(16)25-23(27)17(2)29-24(28)20-14-8-7-13-19(20)22(26)18-11-4-3-5-12-18/h3-5,7-8,11-14,16-17,21H,6,9-10,15H2,1-2H3,(H,25,27)/t16-,17+,21+/m0/s1. The first kappa shape index (κ1) is 20.8. The predicted octanol–water partition coefficient (Wildman–Crippen LogP) is 4.16. The highest BCUT2D eigenvalue weighted by molar-refractivity contribution is 6.14. The molecule has 3 rings (SSSR count). The van der Waals surface area contributed by atoms with Gasteiger partial charge in [0.2, 0.25) is 0 Å². The minimum Gasteiger partial charge on any atom is -0.449 e. The molecule has 0 aromatic heterocycles. The van der Waals surface area contributed by atoms with Gasteiger partial charge < -0.3 is 10.1 Å². The number of carbonyl (C=O) groups excluding carboxylic acids is 3. The van der Waals surface area contributed by atoms with E-state index in [1.165, 1.54) is 6.42 Å². The number of hydrogen-bond acceptors (Lipinski definition) is 4. The first-order valence-corrected chi connectivity index (χ1v) is 10.2. The molecule has 29 heavy (non-hydrogen) atoms. The molecule has 0 bridgehead atoms. The molecular formula is C24H27NO4. The molecule has 1 fully saturated rings. The van der Waals surface area contributed by atoms with Crippen LogP contribution in [0, 0.1) is 5.92 Å². The Labute approximate surface area is 171 Å². The number of carbonyl (C=O) groups is 3. The zero-order valence-corrected chi connectivity index (χ0v) is 16.9. The van der Waals surface area contributed by atoms with Crippen LogP contribution in [0.4, 0.5) is 0 Å². The fourth-order valence-electron chi connectivity index (χ4n) is 3.71. The van der Waals surface area contributed by atoms with Crippen molar-refractivity contribution in [3.8, 4) is 0 Å². The van der Waals surface area contributed by atoms with Crippen LogP contribution in [0.15, 0.2) is 54.6 Å². The molecule has 0 spiro atoms. The largest absolute Gasteiger partial charge is 0.449 e. The summed E-state index contributed by atoms with van der Waals surface area (Å²) in [4.78, 5) is 38.0. The Morgan fingerprint density at radius 3 is 2.24 bits per heavy atom.